The molecule has 1 aromatic carbocycles. The molecule has 1 unspecified atom stereocenters. The summed E-state index contributed by atoms with van der Waals surface area (Å²) in [6.45, 7) is 1.41. The molecule has 2 rings (SSSR count). The maximum atomic E-state index is 12.0. The molecule has 0 aliphatic heterocycles. The quantitative estimate of drug-likeness (QED) is 0.590. The lowest BCUT2D eigenvalue weighted by atomic mass is 10.3. The van der Waals surface area contributed by atoms with Crippen molar-refractivity contribution in [3.8, 4) is 0 Å². The number of primary sulfonamides is 1. The van der Waals surface area contributed by atoms with Crippen LogP contribution < -0.4 is 10.5 Å². The minimum atomic E-state index is -3.80. The second-order valence-electron chi connectivity index (χ2n) is 4.99. The smallest absolute Gasteiger partial charge is 0.331 e. The molecule has 0 saturated carbocycles. The number of sulfonamides is 1. The van der Waals surface area contributed by atoms with Gasteiger partial charge in [-0.3, -0.25) is 4.79 Å². The number of nitrogens with one attached hydrogen (secondary N) is 1. The predicted molar refractivity (Wildman–Crippen MR) is 89.7 cm³/mol. The van der Waals surface area contributed by atoms with Gasteiger partial charge in [-0.2, -0.15) is 0 Å². The summed E-state index contributed by atoms with van der Waals surface area (Å²) in [7, 11) is -3.80. The van der Waals surface area contributed by atoms with Crippen molar-refractivity contribution in [2.45, 2.75) is 17.9 Å². The second-order valence-corrected chi connectivity index (χ2v) is 6.55. The fourth-order valence-electron chi connectivity index (χ4n) is 1.78. The van der Waals surface area contributed by atoms with Gasteiger partial charge in [0.25, 0.3) is 5.91 Å². The van der Waals surface area contributed by atoms with Crippen molar-refractivity contribution in [2.24, 2.45) is 5.14 Å². The molecule has 0 saturated heterocycles. The Hall–Kier alpha value is -2.91. The third kappa shape index (κ3) is 5.59. The molecule has 9 heteroatoms. The zero-order valence-corrected chi connectivity index (χ0v) is 14.0. The Kier molecular flexibility index (Phi) is 5.73. The summed E-state index contributed by atoms with van der Waals surface area (Å²) in [4.78, 5) is 23.6. The first-order valence-corrected chi connectivity index (χ1v) is 8.66. The van der Waals surface area contributed by atoms with E-state index in [2.05, 4.69) is 5.32 Å². The lowest BCUT2D eigenvalue weighted by Gasteiger charge is -2.12. The zero-order chi connectivity index (χ0) is 18.4. The topological polar surface area (TPSA) is 129 Å². The number of ether oxygens (including phenoxy) is 1. The molecule has 3 N–H and O–H groups in total. The fourth-order valence-corrected chi connectivity index (χ4v) is 2.29. The van der Waals surface area contributed by atoms with Crippen LogP contribution in [0, 0.1) is 0 Å². The molecule has 1 atom stereocenters. The maximum Gasteiger partial charge on any atom is 0.331 e. The fraction of sp³-hybridized carbons (Fsp3) is 0.125. The van der Waals surface area contributed by atoms with Crippen LogP contribution in [0.3, 0.4) is 0 Å². The predicted octanol–water partition coefficient (Wildman–Crippen LogP) is 1.51. The molecular weight excluding hydrogens is 348 g/mol. The molecule has 132 valence electrons. The van der Waals surface area contributed by atoms with Crippen LogP contribution in [0.15, 0.2) is 58.1 Å². The summed E-state index contributed by atoms with van der Waals surface area (Å²) in [5.74, 6) is -0.796. The Labute approximate surface area is 144 Å². The molecular formula is C16H16N2O6S. The van der Waals surface area contributed by atoms with E-state index in [0.717, 1.165) is 6.08 Å². The van der Waals surface area contributed by atoms with Gasteiger partial charge in [0.2, 0.25) is 10.0 Å². The number of hydrogen-bond donors (Lipinski definition) is 2. The van der Waals surface area contributed by atoms with Crippen LogP contribution in [0.1, 0.15) is 12.7 Å². The maximum absolute atomic E-state index is 12.0. The third-order valence-electron chi connectivity index (χ3n) is 3.04. The van der Waals surface area contributed by atoms with Crippen LogP contribution in [-0.2, 0) is 24.3 Å². The summed E-state index contributed by atoms with van der Waals surface area (Å²) in [6.07, 6.45) is 2.97. The normalized spacial score (nSPS) is 12.7. The number of carbonyl (C=O) groups is 2. The zero-order valence-electron chi connectivity index (χ0n) is 13.2. The summed E-state index contributed by atoms with van der Waals surface area (Å²) >= 11 is 0. The highest BCUT2D eigenvalue weighted by Gasteiger charge is 2.17. The van der Waals surface area contributed by atoms with E-state index in [1.165, 1.54) is 43.5 Å². The molecule has 0 bridgehead atoms. The van der Waals surface area contributed by atoms with Gasteiger partial charge in [-0.05, 0) is 49.4 Å². The van der Waals surface area contributed by atoms with Crippen molar-refractivity contribution in [1.29, 1.82) is 0 Å². The first kappa shape index (κ1) is 18.4. The van der Waals surface area contributed by atoms with Crippen molar-refractivity contribution in [3.05, 3.63) is 54.5 Å². The van der Waals surface area contributed by atoms with E-state index >= 15 is 0 Å². The molecule has 8 nitrogen and oxygen atoms in total. The molecule has 0 radical (unpaired) electrons. The number of nitrogens with two attached hydrogens (primary N) is 1. The number of rotatable bonds is 6. The van der Waals surface area contributed by atoms with Crippen molar-refractivity contribution >= 4 is 33.7 Å². The highest BCUT2D eigenvalue weighted by Crippen LogP contribution is 2.13. The number of furan rings is 1. The minimum Gasteiger partial charge on any atom is -0.465 e. The first-order valence-electron chi connectivity index (χ1n) is 7.11. The Morgan fingerprint density at radius 2 is 1.92 bits per heavy atom. The molecule has 0 spiro atoms. The van der Waals surface area contributed by atoms with E-state index < -0.39 is 28.0 Å². The van der Waals surface area contributed by atoms with Crippen molar-refractivity contribution in [2.75, 3.05) is 5.32 Å². The van der Waals surface area contributed by atoms with Crippen molar-refractivity contribution in [3.63, 3.8) is 0 Å². The summed E-state index contributed by atoms with van der Waals surface area (Å²) in [6, 6.07) is 8.60. The van der Waals surface area contributed by atoms with Crippen LogP contribution in [0.5, 0.6) is 0 Å². The van der Waals surface area contributed by atoms with Gasteiger partial charge in [0, 0.05) is 11.8 Å². The Balaban J connectivity index is 1.90. The molecule has 1 aromatic heterocycles. The number of anilines is 1. The lowest BCUT2D eigenvalue weighted by Crippen LogP contribution is -2.29. The number of benzene rings is 1. The first-order chi connectivity index (χ1) is 11.8. The molecule has 0 aliphatic carbocycles. The highest BCUT2D eigenvalue weighted by molar-refractivity contribution is 7.89. The summed E-state index contributed by atoms with van der Waals surface area (Å²) in [5.41, 5.74) is 0.339. The van der Waals surface area contributed by atoms with Crippen LogP contribution in [0.25, 0.3) is 6.08 Å². The van der Waals surface area contributed by atoms with E-state index in [4.69, 9.17) is 14.3 Å². The highest BCUT2D eigenvalue weighted by atomic mass is 32.2. The van der Waals surface area contributed by atoms with Gasteiger partial charge in [-0.1, -0.05) is 0 Å². The van der Waals surface area contributed by atoms with E-state index in [9.17, 15) is 18.0 Å². The van der Waals surface area contributed by atoms with Crippen molar-refractivity contribution < 1.29 is 27.2 Å². The Bertz CT molecular complexity index is 870. The molecule has 25 heavy (non-hydrogen) atoms. The van der Waals surface area contributed by atoms with Gasteiger partial charge >= 0.3 is 5.97 Å². The monoisotopic (exact) mass is 364 g/mol. The molecule has 1 amide bonds. The largest absolute Gasteiger partial charge is 0.465 e. The standard InChI is InChI=1S/C16H16N2O6S/c1-11(24-15(19)9-6-13-3-2-10-23-13)16(20)18-12-4-7-14(8-5-12)25(17,21)22/h2-11H,1H3,(H,18,20)(H2,17,21,22)/b9-6+. The van der Waals surface area contributed by atoms with Gasteiger partial charge in [0.05, 0.1) is 11.2 Å². The third-order valence-corrected chi connectivity index (χ3v) is 3.97. The average molecular weight is 364 g/mol. The SMILES string of the molecule is CC(OC(=O)/C=C/c1ccco1)C(=O)Nc1ccc(S(N)(=O)=O)cc1. The van der Waals surface area contributed by atoms with Crippen LogP contribution in [0.4, 0.5) is 5.69 Å². The Morgan fingerprint density at radius 1 is 1.24 bits per heavy atom. The van der Waals surface area contributed by atoms with Crippen LogP contribution in [0.2, 0.25) is 0 Å². The number of amides is 1. The molecule has 0 aliphatic rings. The molecule has 0 fully saturated rings. The lowest BCUT2D eigenvalue weighted by molar-refractivity contribution is -0.148. The minimum absolute atomic E-state index is 0.0759. The molecule has 2 aromatic rings. The average Bonchev–Trinajstić information content (AvgIpc) is 3.06. The van der Waals surface area contributed by atoms with Gasteiger partial charge in [-0.25, -0.2) is 18.4 Å². The summed E-state index contributed by atoms with van der Waals surface area (Å²) in [5, 5.41) is 7.49. The number of hydrogen-bond acceptors (Lipinski definition) is 6. The van der Waals surface area contributed by atoms with Gasteiger partial charge in [0.15, 0.2) is 6.10 Å². The van der Waals surface area contributed by atoms with Crippen LogP contribution >= 0.6 is 0 Å². The van der Waals surface area contributed by atoms with Gasteiger partial charge in [0.1, 0.15) is 5.76 Å². The van der Waals surface area contributed by atoms with E-state index in [0.29, 0.717) is 11.4 Å². The number of esters is 1. The van der Waals surface area contributed by atoms with Gasteiger partial charge in [-0.15, -0.1) is 0 Å². The summed E-state index contributed by atoms with van der Waals surface area (Å²) < 4.78 is 32.3. The van der Waals surface area contributed by atoms with E-state index in [-0.39, 0.29) is 4.90 Å². The van der Waals surface area contributed by atoms with E-state index in [1.807, 2.05) is 0 Å². The van der Waals surface area contributed by atoms with Gasteiger partial charge < -0.3 is 14.5 Å². The van der Waals surface area contributed by atoms with E-state index in [1.54, 1.807) is 12.1 Å². The second kappa shape index (κ2) is 7.77. The van der Waals surface area contributed by atoms with Crippen molar-refractivity contribution in [1.82, 2.24) is 0 Å². The van der Waals surface area contributed by atoms with Crippen LogP contribution in [-0.4, -0.2) is 26.4 Å². The molecule has 1 heterocycles. The Morgan fingerprint density at radius 3 is 2.48 bits per heavy atom. The number of carbonyl (C=O) groups excluding carboxylic acids is 2.